The van der Waals surface area contributed by atoms with E-state index in [1.807, 2.05) is 6.08 Å². The average Bonchev–Trinajstić information content (AvgIpc) is 2.68. The lowest BCUT2D eigenvalue weighted by molar-refractivity contribution is 0.364. The zero-order valence-electron chi connectivity index (χ0n) is 15.7. The minimum Gasteiger partial charge on any atom is -0.203 e. The predicted octanol–water partition coefficient (Wildman–Crippen LogP) is 7.10. The van der Waals surface area contributed by atoms with Gasteiger partial charge in [0, 0.05) is 5.56 Å². The van der Waals surface area contributed by atoms with Crippen LogP contribution < -0.4 is 0 Å². The molecule has 0 saturated heterocycles. The second-order valence-corrected chi connectivity index (χ2v) is 7.37. The molecule has 0 heterocycles. The Balaban J connectivity index is 1.66. The molecule has 0 unspecified atom stereocenters. The summed E-state index contributed by atoms with van der Waals surface area (Å²) in [4.78, 5) is 0. The minimum atomic E-state index is -0.825. The largest absolute Gasteiger partial charge is 0.203 e. The Bertz CT molecular complexity index is 846. The summed E-state index contributed by atoms with van der Waals surface area (Å²) in [5, 5.41) is 0. The van der Waals surface area contributed by atoms with E-state index in [1.54, 1.807) is 37.3 Å². The summed E-state index contributed by atoms with van der Waals surface area (Å²) in [6, 6.07) is 6.52. The smallest absolute Gasteiger partial charge is 0.166 e. The van der Waals surface area contributed by atoms with E-state index >= 15 is 0 Å². The van der Waals surface area contributed by atoms with Gasteiger partial charge in [-0.15, -0.1) is 0 Å². The number of rotatable bonds is 4. The third kappa shape index (κ3) is 4.10. The zero-order valence-corrected chi connectivity index (χ0v) is 15.7. The van der Waals surface area contributed by atoms with E-state index in [0.29, 0.717) is 17.5 Å². The van der Waals surface area contributed by atoms with Gasteiger partial charge in [0.05, 0.1) is 0 Å². The summed E-state index contributed by atoms with van der Waals surface area (Å²) < 4.78 is 56.0. The molecule has 144 valence electrons. The van der Waals surface area contributed by atoms with Gasteiger partial charge >= 0.3 is 0 Å². The summed E-state index contributed by atoms with van der Waals surface area (Å²) in [6.07, 6.45) is 7.13. The number of benzene rings is 2. The second-order valence-electron chi connectivity index (χ2n) is 7.37. The molecule has 3 rings (SSSR count). The van der Waals surface area contributed by atoms with Gasteiger partial charge in [-0.05, 0) is 67.6 Å². The number of halogens is 4. The van der Waals surface area contributed by atoms with E-state index in [2.05, 4.69) is 0 Å². The Hall–Kier alpha value is -2.10. The fraction of sp³-hybridized carbons (Fsp3) is 0.391. The molecule has 0 atom stereocenters. The van der Waals surface area contributed by atoms with Crippen molar-refractivity contribution in [1.29, 1.82) is 0 Å². The SMILES string of the molecule is CCc1ccc(C2CCC(/C=C/c3ccc(C)c(F)c3F)CC2)c(F)c1F. The summed E-state index contributed by atoms with van der Waals surface area (Å²) in [5.74, 6) is -2.85. The van der Waals surface area contributed by atoms with Crippen LogP contribution in [0.5, 0.6) is 0 Å². The van der Waals surface area contributed by atoms with Crippen LogP contribution in [-0.4, -0.2) is 0 Å². The summed E-state index contributed by atoms with van der Waals surface area (Å²) in [7, 11) is 0. The molecule has 1 aliphatic rings. The number of aryl methyl sites for hydroxylation is 2. The number of allylic oxidation sites excluding steroid dienone is 1. The fourth-order valence-electron chi connectivity index (χ4n) is 3.84. The highest BCUT2D eigenvalue weighted by Gasteiger charge is 2.25. The molecule has 0 spiro atoms. The molecule has 0 aliphatic heterocycles. The molecule has 1 fully saturated rings. The summed E-state index contributed by atoms with van der Waals surface area (Å²) >= 11 is 0. The zero-order chi connectivity index (χ0) is 19.6. The Morgan fingerprint density at radius 3 is 2.22 bits per heavy atom. The van der Waals surface area contributed by atoms with Gasteiger partial charge in [-0.1, -0.05) is 43.3 Å². The highest BCUT2D eigenvalue weighted by atomic mass is 19.2. The quantitative estimate of drug-likeness (QED) is 0.499. The van der Waals surface area contributed by atoms with Gasteiger partial charge in [-0.3, -0.25) is 0 Å². The van der Waals surface area contributed by atoms with Gasteiger partial charge in [0.25, 0.3) is 0 Å². The lowest BCUT2D eigenvalue weighted by Crippen LogP contribution is -2.14. The highest BCUT2D eigenvalue weighted by molar-refractivity contribution is 5.51. The van der Waals surface area contributed by atoms with Crippen molar-refractivity contribution in [3.8, 4) is 0 Å². The third-order valence-corrected chi connectivity index (χ3v) is 5.64. The first kappa shape index (κ1) is 19.7. The van der Waals surface area contributed by atoms with Gasteiger partial charge in [-0.25, -0.2) is 17.6 Å². The van der Waals surface area contributed by atoms with Crippen LogP contribution in [0.1, 0.15) is 60.8 Å². The van der Waals surface area contributed by atoms with Crippen LogP contribution in [0.15, 0.2) is 30.3 Å². The summed E-state index contributed by atoms with van der Waals surface area (Å²) in [6.45, 7) is 3.33. The molecule has 2 aromatic rings. The van der Waals surface area contributed by atoms with E-state index in [-0.39, 0.29) is 23.0 Å². The Kier molecular flexibility index (Phi) is 6.03. The van der Waals surface area contributed by atoms with Crippen LogP contribution in [0.3, 0.4) is 0 Å². The maximum Gasteiger partial charge on any atom is 0.166 e. The van der Waals surface area contributed by atoms with E-state index in [4.69, 9.17) is 0 Å². The Morgan fingerprint density at radius 1 is 0.852 bits per heavy atom. The molecule has 1 aliphatic carbocycles. The normalized spacial score (nSPS) is 20.4. The maximum absolute atomic E-state index is 14.3. The Labute approximate surface area is 157 Å². The van der Waals surface area contributed by atoms with Crippen molar-refractivity contribution >= 4 is 6.08 Å². The maximum atomic E-state index is 14.3. The molecular weight excluding hydrogens is 352 g/mol. The van der Waals surface area contributed by atoms with E-state index in [9.17, 15) is 17.6 Å². The molecule has 0 radical (unpaired) electrons. The molecule has 4 heteroatoms. The van der Waals surface area contributed by atoms with Crippen molar-refractivity contribution < 1.29 is 17.6 Å². The average molecular weight is 376 g/mol. The molecule has 27 heavy (non-hydrogen) atoms. The monoisotopic (exact) mass is 376 g/mol. The van der Waals surface area contributed by atoms with Crippen LogP contribution in [0.2, 0.25) is 0 Å². The van der Waals surface area contributed by atoms with Crippen LogP contribution >= 0.6 is 0 Å². The van der Waals surface area contributed by atoms with E-state index in [1.165, 1.54) is 6.92 Å². The molecule has 0 bridgehead atoms. The molecule has 0 amide bonds. The lowest BCUT2D eigenvalue weighted by Gasteiger charge is -2.27. The first-order valence-electron chi connectivity index (χ1n) is 9.51. The van der Waals surface area contributed by atoms with Crippen molar-refractivity contribution in [2.24, 2.45) is 5.92 Å². The highest BCUT2D eigenvalue weighted by Crippen LogP contribution is 2.38. The van der Waals surface area contributed by atoms with Gasteiger partial charge < -0.3 is 0 Å². The van der Waals surface area contributed by atoms with E-state index < -0.39 is 23.3 Å². The van der Waals surface area contributed by atoms with Gasteiger partial charge in [-0.2, -0.15) is 0 Å². The fourth-order valence-corrected chi connectivity index (χ4v) is 3.84. The van der Waals surface area contributed by atoms with Crippen molar-refractivity contribution in [2.45, 2.75) is 51.9 Å². The minimum absolute atomic E-state index is 0.00334. The Morgan fingerprint density at radius 2 is 1.56 bits per heavy atom. The van der Waals surface area contributed by atoms with Crippen molar-refractivity contribution in [1.82, 2.24) is 0 Å². The molecule has 0 nitrogen and oxygen atoms in total. The first-order valence-corrected chi connectivity index (χ1v) is 9.51. The number of hydrogen-bond donors (Lipinski definition) is 0. The van der Waals surface area contributed by atoms with Crippen molar-refractivity contribution in [2.75, 3.05) is 0 Å². The van der Waals surface area contributed by atoms with Crippen LogP contribution in [0.25, 0.3) is 6.08 Å². The van der Waals surface area contributed by atoms with Crippen molar-refractivity contribution in [3.05, 3.63) is 75.9 Å². The van der Waals surface area contributed by atoms with Gasteiger partial charge in [0.2, 0.25) is 0 Å². The van der Waals surface area contributed by atoms with Crippen molar-refractivity contribution in [3.63, 3.8) is 0 Å². The molecule has 0 aromatic heterocycles. The topological polar surface area (TPSA) is 0 Å². The summed E-state index contributed by atoms with van der Waals surface area (Å²) in [5.41, 5.74) is 1.39. The molecule has 0 N–H and O–H groups in total. The molecule has 2 aromatic carbocycles. The van der Waals surface area contributed by atoms with E-state index in [0.717, 1.165) is 25.7 Å². The van der Waals surface area contributed by atoms with Crippen LogP contribution in [-0.2, 0) is 6.42 Å². The predicted molar refractivity (Wildman–Crippen MR) is 101 cm³/mol. The van der Waals surface area contributed by atoms with Gasteiger partial charge in [0.15, 0.2) is 23.3 Å². The second kappa shape index (κ2) is 8.28. The third-order valence-electron chi connectivity index (χ3n) is 5.64. The van der Waals surface area contributed by atoms with Crippen LogP contribution in [0.4, 0.5) is 17.6 Å². The van der Waals surface area contributed by atoms with Crippen LogP contribution in [0, 0.1) is 36.1 Å². The van der Waals surface area contributed by atoms with Gasteiger partial charge in [0.1, 0.15) is 0 Å². The first-order chi connectivity index (χ1) is 12.9. The lowest BCUT2D eigenvalue weighted by atomic mass is 9.78. The number of hydrogen-bond acceptors (Lipinski definition) is 0. The molecule has 1 saturated carbocycles. The standard InChI is InChI=1S/C23H24F4/c1-3-16-12-13-19(23(27)21(16)25)17-9-5-15(6-10-17)7-11-18-8-4-14(2)20(24)22(18)26/h4,7-8,11-13,15,17H,3,5-6,9-10H2,1-2H3/b11-7+. The molecular formula is C23H24F4.